The van der Waals surface area contributed by atoms with Crippen LogP contribution in [0.2, 0.25) is 0 Å². The van der Waals surface area contributed by atoms with Gasteiger partial charge in [0.05, 0.1) is 23.7 Å². The summed E-state index contributed by atoms with van der Waals surface area (Å²) >= 11 is 0. The molecule has 1 aromatic heterocycles. The van der Waals surface area contributed by atoms with Gasteiger partial charge in [0.15, 0.2) is 0 Å². The Labute approximate surface area is 94.3 Å². The predicted octanol–water partition coefficient (Wildman–Crippen LogP) is 0.272. The third-order valence-corrected chi connectivity index (χ3v) is 2.27. The van der Waals surface area contributed by atoms with E-state index < -0.39 is 0 Å². The molecular formula is C10H17N3O3. The van der Waals surface area contributed by atoms with Crippen LogP contribution in [0.5, 0.6) is 0 Å². The minimum absolute atomic E-state index is 0.0770. The molecule has 6 heteroatoms. The average Bonchev–Trinajstić information content (AvgIpc) is 2.47. The topological polar surface area (TPSA) is 79.4 Å². The molecule has 0 saturated heterocycles. The number of esters is 1. The van der Waals surface area contributed by atoms with Crippen molar-refractivity contribution in [3.63, 3.8) is 0 Å². The summed E-state index contributed by atoms with van der Waals surface area (Å²) in [4.78, 5) is 11.4. The third kappa shape index (κ3) is 2.96. The van der Waals surface area contributed by atoms with E-state index in [9.17, 15) is 4.79 Å². The fraction of sp³-hybridized carbons (Fsp3) is 0.600. The van der Waals surface area contributed by atoms with E-state index in [1.54, 1.807) is 18.7 Å². The minimum atomic E-state index is -0.345. The van der Waals surface area contributed by atoms with Crippen molar-refractivity contribution in [1.82, 2.24) is 9.78 Å². The highest BCUT2D eigenvalue weighted by molar-refractivity contribution is 5.69. The highest BCUT2D eigenvalue weighted by Crippen LogP contribution is 2.14. The van der Waals surface area contributed by atoms with Gasteiger partial charge in [0.2, 0.25) is 0 Å². The lowest BCUT2D eigenvalue weighted by atomic mass is 10.3. The van der Waals surface area contributed by atoms with E-state index in [1.807, 2.05) is 6.92 Å². The van der Waals surface area contributed by atoms with Gasteiger partial charge < -0.3 is 15.2 Å². The summed E-state index contributed by atoms with van der Waals surface area (Å²) in [6.45, 7) is 4.34. The van der Waals surface area contributed by atoms with Gasteiger partial charge >= 0.3 is 5.97 Å². The van der Waals surface area contributed by atoms with Gasteiger partial charge in [-0.15, -0.1) is 0 Å². The molecule has 0 bridgehead atoms. The molecule has 1 rings (SSSR count). The number of nitrogens with zero attached hydrogens (tertiary/aromatic N) is 2. The highest BCUT2D eigenvalue weighted by Gasteiger charge is 2.11. The van der Waals surface area contributed by atoms with Gasteiger partial charge in [0.25, 0.3) is 0 Å². The number of ether oxygens (including phenoxy) is 2. The van der Waals surface area contributed by atoms with Gasteiger partial charge in [-0.3, -0.25) is 9.48 Å². The summed E-state index contributed by atoms with van der Waals surface area (Å²) in [7, 11) is 1.55. The number of nitrogen functional groups attached to an aromatic ring is 1. The second-order valence-corrected chi connectivity index (χ2v) is 3.46. The first-order valence-electron chi connectivity index (χ1n) is 5.00. The molecule has 0 atom stereocenters. The van der Waals surface area contributed by atoms with Gasteiger partial charge in [0.1, 0.15) is 13.2 Å². The maximum atomic E-state index is 11.4. The largest absolute Gasteiger partial charge is 0.462 e. The van der Waals surface area contributed by atoms with Gasteiger partial charge in [0, 0.05) is 7.11 Å². The van der Waals surface area contributed by atoms with Crippen molar-refractivity contribution in [2.24, 2.45) is 0 Å². The number of carbonyl (C=O) groups excluding carboxylic acids is 1. The Kier molecular flexibility index (Phi) is 4.30. The second kappa shape index (κ2) is 5.50. The molecule has 0 aliphatic carbocycles. The number of hydrogen-bond donors (Lipinski definition) is 1. The number of aryl methyl sites for hydroxylation is 1. The molecule has 16 heavy (non-hydrogen) atoms. The van der Waals surface area contributed by atoms with Crippen molar-refractivity contribution in [2.45, 2.75) is 20.4 Å². The molecule has 0 spiro atoms. The molecule has 1 heterocycles. The first kappa shape index (κ1) is 12.5. The van der Waals surface area contributed by atoms with Crippen molar-refractivity contribution in [1.29, 1.82) is 0 Å². The summed E-state index contributed by atoms with van der Waals surface area (Å²) in [5.41, 5.74) is 7.86. The van der Waals surface area contributed by atoms with E-state index in [-0.39, 0.29) is 19.1 Å². The van der Waals surface area contributed by atoms with Crippen LogP contribution in [0.3, 0.4) is 0 Å². The maximum absolute atomic E-state index is 11.4. The van der Waals surface area contributed by atoms with Crippen molar-refractivity contribution >= 4 is 11.7 Å². The third-order valence-electron chi connectivity index (χ3n) is 2.27. The van der Waals surface area contributed by atoms with Crippen LogP contribution < -0.4 is 5.73 Å². The molecule has 0 aromatic carbocycles. The van der Waals surface area contributed by atoms with Crippen molar-refractivity contribution in [2.75, 3.05) is 26.1 Å². The molecule has 6 nitrogen and oxygen atoms in total. The number of carbonyl (C=O) groups is 1. The number of nitrogens with two attached hydrogens (primary N) is 1. The van der Waals surface area contributed by atoms with Gasteiger partial charge in [-0.2, -0.15) is 5.10 Å². The number of anilines is 1. The Bertz CT molecular complexity index is 374. The van der Waals surface area contributed by atoms with E-state index in [4.69, 9.17) is 15.2 Å². The normalized spacial score (nSPS) is 10.4. The van der Waals surface area contributed by atoms with Crippen LogP contribution >= 0.6 is 0 Å². The molecule has 0 radical (unpaired) electrons. The van der Waals surface area contributed by atoms with Crippen LogP contribution in [0.4, 0.5) is 5.69 Å². The van der Waals surface area contributed by atoms with Crippen LogP contribution in [0.1, 0.15) is 11.4 Å². The van der Waals surface area contributed by atoms with Gasteiger partial charge in [-0.05, 0) is 13.8 Å². The van der Waals surface area contributed by atoms with E-state index in [0.717, 1.165) is 11.4 Å². The number of methoxy groups -OCH3 is 1. The van der Waals surface area contributed by atoms with E-state index >= 15 is 0 Å². The Morgan fingerprint density at radius 2 is 2.12 bits per heavy atom. The molecule has 0 aliphatic heterocycles. The molecular weight excluding hydrogens is 210 g/mol. The standard InChI is InChI=1S/C10H17N3O3/c1-7-10(11)8(2)13(12-7)6-9(14)16-5-4-15-3/h4-6,11H2,1-3H3. The summed E-state index contributed by atoms with van der Waals surface area (Å²) < 4.78 is 11.2. The van der Waals surface area contributed by atoms with Crippen LogP contribution in [-0.2, 0) is 20.8 Å². The maximum Gasteiger partial charge on any atom is 0.327 e. The Morgan fingerprint density at radius 1 is 1.44 bits per heavy atom. The van der Waals surface area contributed by atoms with Crippen molar-refractivity contribution < 1.29 is 14.3 Å². The predicted molar refractivity (Wildman–Crippen MR) is 58.9 cm³/mol. The first-order valence-corrected chi connectivity index (χ1v) is 5.00. The number of rotatable bonds is 5. The van der Waals surface area contributed by atoms with Crippen molar-refractivity contribution in [3.05, 3.63) is 11.4 Å². The molecule has 0 unspecified atom stereocenters. The van der Waals surface area contributed by atoms with Gasteiger partial charge in [-0.25, -0.2) is 0 Å². The van der Waals surface area contributed by atoms with E-state index in [0.29, 0.717) is 12.3 Å². The zero-order valence-electron chi connectivity index (χ0n) is 9.82. The average molecular weight is 227 g/mol. The molecule has 0 fully saturated rings. The van der Waals surface area contributed by atoms with Crippen LogP contribution in [0, 0.1) is 13.8 Å². The zero-order chi connectivity index (χ0) is 12.1. The van der Waals surface area contributed by atoms with E-state index in [2.05, 4.69) is 5.10 Å². The first-order chi connectivity index (χ1) is 7.56. The fourth-order valence-electron chi connectivity index (χ4n) is 1.27. The monoisotopic (exact) mass is 227 g/mol. The van der Waals surface area contributed by atoms with Crippen LogP contribution in [-0.4, -0.2) is 36.1 Å². The fourth-order valence-corrected chi connectivity index (χ4v) is 1.27. The lowest BCUT2D eigenvalue weighted by Crippen LogP contribution is -2.17. The Balaban J connectivity index is 2.53. The Hall–Kier alpha value is -1.56. The molecule has 2 N–H and O–H groups in total. The lowest BCUT2D eigenvalue weighted by Gasteiger charge is -2.05. The van der Waals surface area contributed by atoms with E-state index in [1.165, 1.54) is 0 Å². The molecule has 0 saturated carbocycles. The molecule has 0 aliphatic rings. The SMILES string of the molecule is COCCOC(=O)Cn1nc(C)c(N)c1C. The molecule has 90 valence electrons. The van der Waals surface area contributed by atoms with Gasteiger partial charge in [-0.1, -0.05) is 0 Å². The molecule has 1 aromatic rings. The van der Waals surface area contributed by atoms with Crippen LogP contribution in [0.15, 0.2) is 0 Å². The minimum Gasteiger partial charge on any atom is -0.462 e. The zero-order valence-corrected chi connectivity index (χ0v) is 9.82. The quantitative estimate of drug-likeness (QED) is 0.577. The summed E-state index contributed by atoms with van der Waals surface area (Å²) in [6.07, 6.45) is 0. The smallest absolute Gasteiger partial charge is 0.327 e. The van der Waals surface area contributed by atoms with Crippen molar-refractivity contribution in [3.8, 4) is 0 Å². The number of hydrogen-bond acceptors (Lipinski definition) is 5. The highest BCUT2D eigenvalue weighted by atomic mass is 16.6. The second-order valence-electron chi connectivity index (χ2n) is 3.46. The summed E-state index contributed by atoms with van der Waals surface area (Å²) in [6, 6.07) is 0. The summed E-state index contributed by atoms with van der Waals surface area (Å²) in [5, 5.41) is 4.14. The number of aromatic nitrogens is 2. The summed E-state index contributed by atoms with van der Waals surface area (Å²) in [5.74, 6) is -0.345. The van der Waals surface area contributed by atoms with Crippen LogP contribution in [0.25, 0.3) is 0 Å². The Morgan fingerprint density at radius 3 is 2.62 bits per heavy atom. The lowest BCUT2D eigenvalue weighted by molar-refractivity contribution is -0.145. The molecule has 0 amide bonds.